The molecule has 1 heterocycles. The number of aryl methyl sites for hydroxylation is 2. The third-order valence-corrected chi connectivity index (χ3v) is 2.61. The predicted octanol–water partition coefficient (Wildman–Crippen LogP) is 2.86. The number of nitrogens with zero attached hydrogens (tertiary/aromatic N) is 2. The molecule has 2 aromatic rings. The van der Waals surface area contributed by atoms with Gasteiger partial charge in [0.1, 0.15) is 0 Å². The summed E-state index contributed by atoms with van der Waals surface area (Å²) in [4.78, 5) is 11.8. The van der Waals surface area contributed by atoms with E-state index < -0.39 is 0 Å². The summed E-state index contributed by atoms with van der Waals surface area (Å²) in [5.41, 5.74) is 2.51. The fraction of sp³-hybridized carbons (Fsp3) is 0.231. The highest BCUT2D eigenvalue weighted by molar-refractivity contribution is 5.99. The Hall–Kier alpha value is -2.30. The van der Waals surface area contributed by atoms with Crippen LogP contribution in [0, 0.1) is 6.92 Å². The summed E-state index contributed by atoms with van der Waals surface area (Å²) < 4.78 is 1.75. The average Bonchev–Trinajstić information content (AvgIpc) is 2.80. The van der Waals surface area contributed by atoms with Crippen molar-refractivity contribution in [3.63, 3.8) is 0 Å². The van der Waals surface area contributed by atoms with Crippen molar-refractivity contribution in [3.05, 3.63) is 42.2 Å². The summed E-state index contributed by atoms with van der Waals surface area (Å²) in [6.45, 7) is 4.72. The summed E-state index contributed by atoms with van der Waals surface area (Å²) in [5.74, 6) is 0. The van der Waals surface area contributed by atoms with Gasteiger partial charge in [0.25, 0.3) is 0 Å². The fourth-order valence-electron chi connectivity index (χ4n) is 1.60. The highest BCUT2D eigenvalue weighted by Crippen LogP contribution is 2.13. The largest absolute Gasteiger partial charge is 0.323 e. The molecule has 0 radical (unpaired) electrons. The van der Waals surface area contributed by atoms with Gasteiger partial charge in [0.2, 0.25) is 0 Å². The molecule has 0 atom stereocenters. The van der Waals surface area contributed by atoms with E-state index in [2.05, 4.69) is 15.7 Å². The summed E-state index contributed by atoms with van der Waals surface area (Å²) in [6.07, 6.45) is 3.42. The zero-order valence-electron chi connectivity index (χ0n) is 10.5. The lowest BCUT2D eigenvalue weighted by atomic mass is 10.2. The van der Waals surface area contributed by atoms with Crippen LogP contribution >= 0.6 is 0 Å². The van der Waals surface area contributed by atoms with E-state index in [-0.39, 0.29) is 6.03 Å². The van der Waals surface area contributed by atoms with E-state index >= 15 is 0 Å². The number of carbonyl (C=O) groups is 1. The Morgan fingerprint density at radius 3 is 2.78 bits per heavy atom. The smallest absolute Gasteiger partial charge is 0.307 e. The fourth-order valence-corrected chi connectivity index (χ4v) is 1.60. The van der Waals surface area contributed by atoms with Crippen molar-refractivity contribution in [1.82, 2.24) is 9.78 Å². The van der Waals surface area contributed by atoms with Gasteiger partial charge < -0.3 is 10.6 Å². The molecule has 5 nitrogen and oxygen atoms in total. The molecule has 0 aliphatic rings. The Morgan fingerprint density at radius 1 is 1.33 bits per heavy atom. The van der Waals surface area contributed by atoms with Crippen molar-refractivity contribution in [3.8, 4) is 0 Å². The van der Waals surface area contributed by atoms with Crippen LogP contribution in [0.25, 0.3) is 0 Å². The summed E-state index contributed by atoms with van der Waals surface area (Å²) in [6, 6.07) is 7.37. The molecule has 0 fully saturated rings. The van der Waals surface area contributed by atoms with Gasteiger partial charge in [-0.2, -0.15) is 5.10 Å². The van der Waals surface area contributed by atoms with Crippen LogP contribution < -0.4 is 10.6 Å². The molecule has 0 saturated carbocycles. The summed E-state index contributed by atoms with van der Waals surface area (Å²) in [7, 11) is 0. The van der Waals surface area contributed by atoms with Crippen LogP contribution in [0.15, 0.2) is 36.7 Å². The Morgan fingerprint density at radius 2 is 2.11 bits per heavy atom. The topological polar surface area (TPSA) is 59.0 Å². The molecule has 2 amide bonds. The molecule has 5 heteroatoms. The number of para-hydroxylation sites is 1. The molecule has 18 heavy (non-hydrogen) atoms. The highest BCUT2D eigenvalue weighted by Gasteiger charge is 2.05. The van der Waals surface area contributed by atoms with Crippen molar-refractivity contribution >= 4 is 17.4 Å². The lowest BCUT2D eigenvalue weighted by Crippen LogP contribution is -2.19. The number of benzene rings is 1. The molecule has 2 N–H and O–H groups in total. The van der Waals surface area contributed by atoms with Crippen LogP contribution in [0.2, 0.25) is 0 Å². The minimum atomic E-state index is -0.264. The van der Waals surface area contributed by atoms with Crippen LogP contribution in [0.5, 0.6) is 0 Å². The second kappa shape index (κ2) is 5.35. The molecule has 0 saturated heterocycles. The molecule has 94 valence electrons. The van der Waals surface area contributed by atoms with Crippen molar-refractivity contribution in [2.45, 2.75) is 20.4 Å². The first-order valence-electron chi connectivity index (χ1n) is 5.85. The van der Waals surface area contributed by atoms with Gasteiger partial charge in [0, 0.05) is 18.4 Å². The van der Waals surface area contributed by atoms with Crippen LogP contribution in [0.1, 0.15) is 12.5 Å². The number of nitrogens with one attached hydrogen (secondary N) is 2. The zero-order valence-corrected chi connectivity index (χ0v) is 10.5. The third-order valence-electron chi connectivity index (χ3n) is 2.61. The highest BCUT2D eigenvalue weighted by atomic mass is 16.2. The van der Waals surface area contributed by atoms with E-state index in [0.717, 1.165) is 17.8 Å². The molecule has 1 aromatic heterocycles. The number of hydrogen-bond acceptors (Lipinski definition) is 2. The maximum atomic E-state index is 11.8. The molecule has 0 unspecified atom stereocenters. The second-order valence-electron chi connectivity index (χ2n) is 3.98. The normalized spacial score (nSPS) is 10.1. The summed E-state index contributed by atoms with van der Waals surface area (Å²) in [5, 5.41) is 9.62. The molecule has 1 aromatic carbocycles. The second-order valence-corrected chi connectivity index (χ2v) is 3.98. The standard InChI is InChI=1S/C13H16N4O/c1-3-17-9-11(8-14-17)15-13(18)16-12-7-5-4-6-10(12)2/h4-9H,3H2,1-2H3,(H2,15,16,18). The number of urea groups is 1. The number of aromatic nitrogens is 2. The molecular formula is C13H16N4O. The molecule has 0 aliphatic heterocycles. The number of hydrogen-bond donors (Lipinski definition) is 2. The van der Waals surface area contributed by atoms with E-state index in [0.29, 0.717) is 5.69 Å². The predicted molar refractivity (Wildman–Crippen MR) is 71.7 cm³/mol. The van der Waals surface area contributed by atoms with Gasteiger partial charge in [-0.25, -0.2) is 4.79 Å². The third kappa shape index (κ3) is 2.88. The van der Waals surface area contributed by atoms with Gasteiger partial charge in [0.05, 0.1) is 11.9 Å². The minimum Gasteiger partial charge on any atom is -0.307 e. The maximum absolute atomic E-state index is 11.8. The number of carbonyl (C=O) groups excluding carboxylic acids is 1. The monoisotopic (exact) mass is 244 g/mol. The molecule has 0 aliphatic carbocycles. The van der Waals surface area contributed by atoms with E-state index in [1.807, 2.05) is 38.1 Å². The van der Waals surface area contributed by atoms with Crippen molar-refractivity contribution < 1.29 is 4.79 Å². The molecule has 0 spiro atoms. The molecular weight excluding hydrogens is 228 g/mol. The molecule has 2 rings (SSSR count). The van der Waals surface area contributed by atoms with E-state index in [1.54, 1.807) is 17.1 Å². The lowest BCUT2D eigenvalue weighted by molar-refractivity contribution is 0.262. The average molecular weight is 244 g/mol. The Labute approximate surface area is 106 Å². The van der Waals surface area contributed by atoms with E-state index in [4.69, 9.17) is 0 Å². The van der Waals surface area contributed by atoms with Gasteiger partial charge >= 0.3 is 6.03 Å². The van der Waals surface area contributed by atoms with Gasteiger partial charge in [-0.15, -0.1) is 0 Å². The Kier molecular flexibility index (Phi) is 3.62. The van der Waals surface area contributed by atoms with Crippen LogP contribution in [-0.2, 0) is 6.54 Å². The van der Waals surface area contributed by atoms with Gasteiger partial charge in [-0.1, -0.05) is 18.2 Å². The van der Waals surface area contributed by atoms with Gasteiger partial charge in [-0.05, 0) is 25.5 Å². The maximum Gasteiger partial charge on any atom is 0.323 e. The molecule has 0 bridgehead atoms. The van der Waals surface area contributed by atoms with Crippen LogP contribution in [0.3, 0.4) is 0 Å². The number of rotatable bonds is 3. The Bertz CT molecular complexity index is 547. The SMILES string of the molecule is CCn1cc(NC(=O)Nc2ccccc2C)cn1. The first kappa shape index (κ1) is 12.2. The van der Waals surface area contributed by atoms with Gasteiger partial charge in [0.15, 0.2) is 0 Å². The summed E-state index contributed by atoms with van der Waals surface area (Å²) >= 11 is 0. The number of amides is 2. The van der Waals surface area contributed by atoms with Crippen molar-refractivity contribution in [1.29, 1.82) is 0 Å². The minimum absolute atomic E-state index is 0.264. The lowest BCUT2D eigenvalue weighted by Gasteiger charge is -2.08. The van der Waals surface area contributed by atoms with E-state index in [9.17, 15) is 4.79 Å². The first-order valence-corrected chi connectivity index (χ1v) is 5.85. The van der Waals surface area contributed by atoms with E-state index in [1.165, 1.54) is 0 Å². The van der Waals surface area contributed by atoms with Crippen LogP contribution in [0.4, 0.5) is 16.2 Å². The zero-order chi connectivity index (χ0) is 13.0. The van der Waals surface area contributed by atoms with Crippen LogP contribution in [-0.4, -0.2) is 15.8 Å². The quantitative estimate of drug-likeness (QED) is 0.872. The Balaban J connectivity index is 1.99. The van der Waals surface area contributed by atoms with Crippen molar-refractivity contribution in [2.24, 2.45) is 0 Å². The van der Waals surface area contributed by atoms with Crippen molar-refractivity contribution in [2.75, 3.05) is 10.6 Å². The number of anilines is 2. The first-order chi connectivity index (χ1) is 8.69. The van der Waals surface area contributed by atoms with Gasteiger partial charge in [-0.3, -0.25) is 4.68 Å².